The molecule has 1 heterocycles. The molecule has 1 aromatic heterocycles. The Morgan fingerprint density at radius 2 is 2.04 bits per heavy atom. The molecule has 0 aliphatic rings. The summed E-state index contributed by atoms with van der Waals surface area (Å²) in [6.07, 6.45) is 0.481. The normalized spacial score (nSPS) is 13.3. The highest BCUT2D eigenvalue weighted by atomic mass is 35.5. The number of nitrogens with one attached hydrogen (secondary N) is 1. The third kappa shape index (κ3) is 5.63. The fourth-order valence-electron chi connectivity index (χ4n) is 1.95. The molecule has 1 amide bonds. The standard InChI is InChI=1S/C17H19ClN2O3/c1-12(13-5-3-2-4-6-13)23-11-15(21)10-20-17(22)16-8-7-14(18)9-19-16/h2-9,12,15,21H,10-11H2,1H3,(H,20,22)/t12-,15+/m0/s1. The van der Waals surface area contributed by atoms with Gasteiger partial charge in [0.05, 0.1) is 23.8 Å². The molecule has 1 aromatic carbocycles. The highest BCUT2D eigenvalue weighted by Crippen LogP contribution is 2.15. The molecule has 0 saturated heterocycles. The van der Waals surface area contributed by atoms with E-state index in [0.29, 0.717) is 5.02 Å². The van der Waals surface area contributed by atoms with Gasteiger partial charge in [-0.05, 0) is 24.6 Å². The molecule has 2 atom stereocenters. The smallest absolute Gasteiger partial charge is 0.269 e. The van der Waals surface area contributed by atoms with E-state index in [1.807, 2.05) is 37.3 Å². The van der Waals surface area contributed by atoms with Crippen molar-refractivity contribution in [2.45, 2.75) is 19.1 Å². The SMILES string of the molecule is C[C@H](OC[C@H](O)CNC(=O)c1ccc(Cl)cn1)c1ccccc1. The second-order valence-corrected chi connectivity index (χ2v) is 5.55. The number of ether oxygens (including phenoxy) is 1. The number of nitrogens with zero attached hydrogens (tertiary/aromatic N) is 1. The Labute approximate surface area is 140 Å². The van der Waals surface area contributed by atoms with Gasteiger partial charge in [-0.15, -0.1) is 0 Å². The summed E-state index contributed by atoms with van der Waals surface area (Å²) in [5.41, 5.74) is 1.29. The van der Waals surface area contributed by atoms with Crippen LogP contribution in [0.2, 0.25) is 5.02 Å². The number of carbonyl (C=O) groups excluding carboxylic acids is 1. The minimum Gasteiger partial charge on any atom is -0.389 e. The minimum absolute atomic E-state index is 0.0879. The third-order valence-electron chi connectivity index (χ3n) is 3.27. The van der Waals surface area contributed by atoms with Gasteiger partial charge in [0.15, 0.2) is 0 Å². The molecular weight excluding hydrogens is 316 g/mol. The first kappa shape index (κ1) is 17.4. The van der Waals surface area contributed by atoms with E-state index < -0.39 is 6.10 Å². The Morgan fingerprint density at radius 1 is 1.30 bits per heavy atom. The quantitative estimate of drug-likeness (QED) is 0.816. The highest BCUT2D eigenvalue weighted by Gasteiger charge is 2.12. The molecule has 6 heteroatoms. The number of benzene rings is 1. The molecule has 2 N–H and O–H groups in total. The van der Waals surface area contributed by atoms with Crippen molar-refractivity contribution in [3.8, 4) is 0 Å². The number of aliphatic hydroxyl groups excluding tert-OH is 1. The van der Waals surface area contributed by atoms with Crippen LogP contribution in [0.25, 0.3) is 0 Å². The third-order valence-corrected chi connectivity index (χ3v) is 3.49. The summed E-state index contributed by atoms with van der Waals surface area (Å²) >= 11 is 5.71. The summed E-state index contributed by atoms with van der Waals surface area (Å²) in [6.45, 7) is 2.13. The van der Waals surface area contributed by atoms with E-state index in [9.17, 15) is 9.90 Å². The van der Waals surface area contributed by atoms with Crippen molar-refractivity contribution in [2.75, 3.05) is 13.2 Å². The van der Waals surface area contributed by atoms with E-state index >= 15 is 0 Å². The molecule has 0 saturated carbocycles. The van der Waals surface area contributed by atoms with Crippen molar-refractivity contribution in [3.63, 3.8) is 0 Å². The Hall–Kier alpha value is -1.95. The van der Waals surface area contributed by atoms with Gasteiger partial charge < -0.3 is 15.2 Å². The van der Waals surface area contributed by atoms with E-state index in [-0.39, 0.29) is 30.9 Å². The maximum absolute atomic E-state index is 11.9. The van der Waals surface area contributed by atoms with E-state index in [1.165, 1.54) is 12.3 Å². The Kier molecular flexibility index (Phi) is 6.52. The van der Waals surface area contributed by atoms with Crippen LogP contribution in [0.15, 0.2) is 48.7 Å². The van der Waals surface area contributed by atoms with Crippen LogP contribution in [-0.4, -0.2) is 35.3 Å². The van der Waals surface area contributed by atoms with E-state index in [0.717, 1.165) is 5.56 Å². The molecule has 23 heavy (non-hydrogen) atoms. The Morgan fingerprint density at radius 3 is 2.70 bits per heavy atom. The lowest BCUT2D eigenvalue weighted by atomic mass is 10.1. The van der Waals surface area contributed by atoms with Gasteiger partial charge >= 0.3 is 0 Å². The van der Waals surface area contributed by atoms with Crippen LogP contribution >= 0.6 is 11.6 Å². The number of hydrogen-bond donors (Lipinski definition) is 2. The van der Waals surface area contributed by atoms with Crippen LogP contribution in [0.3, 0.4) is 0 Å². The molecular formula is C17H19ClN2O3. The molecule has 0 fully saturated rings. The number of aromatic nitrogens is 1. The number of halogens is 1. The van der Waals surface area contributed by atoms with Crippen LogP contribution in [-0.2, 0) is 4.74 Å². The van der Waals surface area contributed by atoms with Crippen molar-refractivity contribution in [1.29, 1.82) is 0 Å². The first-order valence-corrected chi connectivity index (χ1v) is 7.68. The van der Waals surface area contributed by atoms with Crippen LogP contribution in [0.5, 0.6) is 0 Å². The zero-order valence-corrected chi connectivity index (χ0v) is 13.5. The van der Waals surface area contributed by atoms with Crippen LogP contribution in [0.4, 0.5) is 0 Å². The van der Waals surface area contributed by atoms with Gasteiger partial charge in [0, 0.05) is 12.7 Å². The van der Waals surface area contributed by atoms with Gasteiger partial charge in [0.2, 0.25) is 0 Å². The largest absolute Gasteiger partial charge is 0.389 e. The average Bonchev–Trinajstić information content (AvgIpc) is 2.59. The lowest BCUT2D eigenvalue weighted by molar-refractivity contribution is -0.00173. The molecule has 0 bridgehead atoms. The molecule has 2 aromatic rings. The molecule has 0 aliphatic carbocycles. The lowest BCUT2D eigenvalue weighted by Crippen LogP contribution is -2.35. The van der Waals surface area contributed by atoms with Crippen LogP contribution in [0, 0.1) is 0 Å². The lowest BCUT2D eigenvalue weighted by Gasteiger charge is -2.17. The predicted molar refractivity (Wildman–Crippen MR) is 88.4 cm³/mol. The second-order valence-electron chi connectivity index (χ2n) is 5.11. The zero-order chi connectivity index (χ0) is 16.7. The summed E-state index contributed by atoms with van der Waals surface area (Å²) in [4.78, 5) is 15.8. The topological polar surface area (TPSA) is 71.5 Å². The monoisotopic (exact) mass is 334 g/mol. The van der Waals surface area contributed by atoms with Gasteiger partial charge in [-0.2, -0.15) is 0 Å². The summed E-state index contributed by atoms with van der Waals surface area (Å²) in [6, 6.07) is 12.8. The number of carbonyl (C=O) groups is 1. The van der Waals surface area contributed by atoms with E-state index in [2.05, 4.69) is 10.3 Å². The number of hydrogen-bond acceptors (Lipinski definition) is 4. The Bertz CT molecular complexity index is 619. The summed E-state index contributed by atoms with van der Waals surface area (Å²) in [5, 5.41) is 13.0. The fraction of sp³-hybridized carbons (Fsp3) is 0.294. The van der Waals surface area contributed by atoms with Crippen molar-refractivity contribution < 1.29 is 14.6 Å². The second kappa shape index (κ2) is 8.62. The van der Waals surface area contributed by atoms with Gasteiger partial charge in [-0.25, -0.2) is 4.98 Å². The van der Waals surface area contributed by atoms with E-state index in [1.54, 1.807) is 6.07 Å². The average molecular weight is 335 g/mol. The maximum Gasteiger partial charge on any atom is 0.269 e. The molecule has 0 radical (unpaired) electrons. The first-order chi connectivity index (χ1) is 11.1. The van der Waals surface area contributed by atoms with Crippen molar-refractivity contribution in [3.05, 3.63) is 64.9 Å². The van der Waals surface area contributed by atoms with Gasteiger partial charge in [-0.1, -0.05) is 41.9 Å². The molecule has 0 unspecified atom stereocenters. The van der Waals surface area contributed by atoms with Crippen molar-refractivity contribution in [1.82, 2.24) is 10.3 Å². The predicted octanol–water partition coefficient (Wildman–Crippen LogP) is 2.60. The number of pyridine rings is 1. The molecule has 5 nitrogen and oxygen atoms in total. The van der Waals surface area contributed by atoms with Gasteiger partial charge in [-0.3, -0.25) is 4.79 Å². The summed E-state index contributed by atoms with van der Waals surface area (Å²) < 4.78 is 5.61. The van der Waals surface area contributed by atoms with Crippen LogP contribution in [0.1, 0.15) is 29.1 Å². The molecule has 2 rings (SSSR count). The Balaban J connectivity index is 1.73. The van der Waals surface area contributed by atoms with Gasteiger partial charge in [0.1, 0.15) is 5.69 Å². The van der Waals surface area contributed by atoms with E-state index in [4.69, 9.17) is 16.3 Å². The van der Waals surface area contributed by atoms with Crippen molar-refractivity contribution in [2.24, 2.45) is 0 Å². The molecule has 0 aliphatic heterocycles. The summed E-state index contributed by atoms with van der Waals surface area (Å²) in [5.74, 6) is -0.364. The van der Waals surface area contributed by atoms with Crippen molar-refractivity contribution >= 4 is 17.5 Å². The first-order valence-electron chi connectivity index (χ1n) is 7.30. The number of rotatable bonds is 7. The fourth-order valence-corrected chi connectivity index (χ4v) is 2.06. The molecule has 122 valence electrons. The van der Waals surface area contributed by atoms with Gasteiger partial charge in [0.25, 0.3) is 5.91 Å². The number of amides is 1. The molecule has 0 spiro atoms. The maximum atomic E-state index is 11.9. The highest BCUT2D eigenvalue weighted by molar-refractivity contribution is 6.30. The number of aliphatic hydroxyl groups is 1. The van der Waals surface area contributed by atoms with Crippen LogP contribution < -0.4 is 5.32 Å². The summed E-state index contributed by atoms with van der Waals surface area (Å²) in [7, 11) is 0. The zero-order valence-electron chi connectivity index (χ0n) is 12.8. The minimum atomic E-state index is -0.794.